The Kier molecular flexibility index (Phi) is 5.35. The van der Waals surface area contributed by atoms with Crippen molar-refractivity contribution in [1.29, 1.82) is 0 Å². The molecule has 0 aliphatic carbocycles. The minimum Gasteiger partial charge on any atom is -0.480 e. The molecule has 2 aliphatic rings. The number of aromatic nitrogens is 2. The molecule has 0 unspecified atom stereocenters. The largest absolute Gasteiger partial charge is 0.480 e. The number of carboxylic acid groups (broad SMARTS) is 2. The lowest BCUT2D eigenvalue weighted by atomic mass is 9.89. The van der Waals surface area contributed by atoms with Gasteiger partial charge >= 0.3 is 11.9 Å². The lowest BCUT2D eigenvalue weighted by molar-refractivity contribution is -0.140. The van der Waals surface area contributed by atoms with Gasteiger partial charge in [0.05, 0.1) is 0 Å². The van der Waals surface area contributed by atoms with Crippen molar-refractivity contribution in [2.75, 3.05) is 0 Å². The fourth-order valence-electron chi connectivity index (χ4n) is 5.95. The van der Waals surface area contributed by atoms with E-state index in [9.17, 15) is 19.8 Å². The smallest absolute Gasteiger partial charge is 0.321 e. The number of carboxylic acids is 2. The Morgan fingerprint density at radius 3 is 1.57 bits per heavy atom. The van der Waals surface area contributed by atoms with Crippen molar-refractivity contribution in [2.45, 2.75) is 56.3 Å². The molecule has 6 rings (SSSR count). The van der Waals surface area contributed by atoms with E-state index in [-0.39, 0.29) is 12.1 Å². The Labute approximate surface area is 201 Å². The van der Waals surface area contributed by atoms with Crippen molar-refractivity contribution < 1.29 is 19.8 Å². The van der Waals surface area contributed by atoms with E-state index in [2.05, 4.69) is 20.6 Å². The minimum absolute atomic E-state index is 0.103. The third-order valence-electron chi connectivity index (χ3n) is 7.59. The molecule has 4 heterocycles. The predicted octanol–water partition coefficient (Wildman–Crippen LogP) is 3.80. The maximum atomic E-state index is 11.9. The van der Waals surface area contributed by atoms with E-state index in [1.54, 1.807) is 0 Å². The number of benzene rings is 2. The maximum absolute atomic E-state index is 11.9. The zero-order chi connectivity index (χ0) is 24.1. The molecule has 0 fully saturated rings. The first-order chi connectivity index (χ1) is 17.0. The number of aromatic amines is 2. The molecule has 2 aliphatic heterocycles. The number of hydrogen-bond acceptors (Lipinski definition) is 4. The Morgan fingerprint density at radius 2 is 1.14 bits per heavy atom. The van der Waals surface area contributed by atoms with E-state index in [0.29, 0.717) is 12.8 Å². The molecule has 2 aromatic carbocycles. The summed E-state index contributed by atoms with van der Waals surface area (Å²) in [5.74, 6) is -1.68. The van der Waals surface area contributed by atoms with Gasteiger partial charge in [-0.3, -0.25) is 20.2 Å². The number of aliphatic carboxylic acids is 2. The Balaban J connectivity index is 1.25. The number of carbonyl (C=O) groups is 2. The summed E-state index contributed by atoms with van der Waals surface area (Å²) in [5.41, 5.74) is 6.34. The topological polar surface area (TPSA) is 130 Å². The molecular formula is C27H28N4O4. The van der Waals surface area contributed by atoms with Crippen LogP contribution in [0.3, 0.4) is 0 Å². The van der Waals surface area contributed by atoms with Gasteiger partial charge in [-0.1, -0.05) is 36.4 Å². The lowest BCUT2D eigenvalue weighted by Crippen LogP contribution is -2.45. The molecule has 4 atom stereocenters. The first-order valence-corrected chi connectivity index (χ1v) is 12.2. The zero-order valence-corrected chi connectivity index (χ0v) is 19.2. The van der Waals surface area contributed by atoms with Gasteiger partial charge in [-0.2, -0.15) is 0 Å². The molecule has 35 heavy (non-hydrogen) atoms. The molecule has 0 bridgehead atoms. The second kappa shape index (κ2) is 8.55. The highest BCUT2D eigenvalue weighted by atomic mass is 16.4. The van der Waals surface area contributed by atoms with Crippen molar-refractivity contribution in [2.24, 2.45) is 0 Å². The second-order valence-corrected chi connectivity index (χ2v) is 9.68. The first kappa shape index (κ1) is 21.9. The van der Waals surface area contributed by atoms with Crippen LogP contribution in [0.25, 0.3) is 21.8 Å². The SMILES string of the molecule is O=C(O)[C@@H]1Cc2c([nH]c3ccccc23)[C@H](CCC[C@H]2N[C@@H](C(=O)O)Cc3c2[nH]c2ccccc32)N1. The fourth-order valence-corrected chi connectivity index (χ4v) is 5.95. The second-order valence-electron chi connectivity index (χ2n) is 9.68. The summed E-state index contributed by atoms with van der Waals surface area (Å²) in [6, 6.07) is 14.6. The van der Waals surface area contributed by atoms with Gasteiger partial charge in [-0.25, -0.2) is 0 Å². The standard InChI is InChI=1S/C27H28N4O4/c32-26(33)22-12-16-14-6-1-3-8-18(14)30-24(16)20(28-22)10-5-11-21-25-17(13-23(29-21)27(34)35)15-7-2-4-9-19(15)31-25/h1-4,6-9,20-23,28-31H,5,10-13H2,(H,32,33)(H,34,35)/t20-,21+,22-,23+. The summed E-state index contributed by atoms with van der Waals surface area (Å²) < 4.78 is 0. The van der Waals surface area contributed by atoms with Gasteiger partial charge < -0.3 is 20.2 Å². The molecule has 8 nitrogen and oxygen atoms in total. The summed E-state index contributed by atoms with van der Waals surface area (Å²) in [6.07, 6.45) is 3.20. The number of para-hydroxylation sites is 2. The maximum Gasteiger partial charge on any atom is 0.321 e. The predicted molar refractivity (Wildman–Crippen MR) is 132 cm³/mol. The van der Waals surface area contributed by atoms with Crippen molar-refractivity contribution in [1.82, 2.24) is 20.6 Å². The number of nitrogens with one attached hydrogen (secondary N) is 4. The van der Waals surface area contributed by atoms with Gasteiger partial charge in [0, 0.05) is 58.1 Å². The molecule has 0 amide bonds. The van der Waals surface area contributed by atoms with Crippen LogP contribution in [0.2, 0.25) is 0 Å². The van der Waals surface area contributed by atoms with Crippen LogP contribution in [0.4, 0.5) is 0 Å². The van der Waals surface area contributed by atoms with Gasteiger partial charge in [0.1, 0.15) is 12.1 Å². The van der Waals surface area contributed by atoms with Crippen LogP contribution in [0.15, 0.2) is 48.5 Å². The average Bonchev–Trinajstić information content (AvgIpc) is 3.42. The normalized spacial score (nSPS) is 23.8. The van der Waals surface area contributed by atoms with Crippen LogP contribution in [0.5, 0.6) is 0 Å². The minimum atomic E-state index is -0.841. The van der Waals surface area contributed by atoms with Gasteiger partial charge in [0.15, 0.2) is 0 Å². The summed E-state index contributed by atoms with van der Waals surface area (Å²) in [7, 11) is 0. The number of H-pyrrole nitrogens is 2. The highest BCUT2D eigenvalue weighted by Crippen LogP contribution is 2.37. The highest BCUT2D eigenvalue weighted by Gasteiger charge is 2.35. The summed E-state index contributed by atoms with van der Waals surface area (Å²) in [4.78, 5) is 30.8. The van der Waals surface area contributed by atoms with Crippen LogP contribution in [0, 0.1) is 0 Å². The Morgan fingerprint density at radius 1 is 0.714 bits per heavy atom. The van der Waals surface area contributed by atoms with Gasteiger partial charge in [0.25, 0.3) is 0 Å². The zero-order valence-electron chi connectivity index (χ0n) is 19.2. The Bertz CT molecular complexity index is 1330. The quantitative estimate of drug-likeness (QED) is 0.253. The first-order valence-electron chi connectivity index (χ1n) is 12.2. The van der Waals surface area contributed by atoms with Crippen molar-refractivity contribution in [3.05, 3.63) is 71.0 Å². The van der Waals surface area contributed by atoms with E-state index in [1.165, 1.54) is 0 Å². The lowest BCUT2D eigenvalue weighted by Gasteiger charge is -2.31. The van der Waals surface area contributed by atoms with E-state index in [0.717, 1.165) is 63.6 Å². The molecule has 0 spiro atoms. The van der Waals surface area contributed by atoms with Crippen LogP contribution in [-0.4, -0.2) is 44.2 Å². The average molecular weight is 473 g/mol. The molecular weight excluding hydrogens is 444 g/mol. The third-order valence-corrected chi connectivity index (χ3v) is 7.59. The molecule has 180 valence electrons. The van der Waals surface area contributed by atoms with E-state index in [1.807, 2.05) is 48.5 Å². The van der Waals surface area contributed by atoms with Crippen molar-refractivity contribution in [3.8, 4) is 0 Å². The molecule has 4 aromatic rings. The fraction of sp³-hybridized carbons (Fsp3) is 0.333. The van der Waals surface area contributed by atoms with Gasteiger partial charge in [-0.15, -0.1) is 0 Å². The summed E-state index contributed by atoms with van der Waals surface area (Å²) in [5, 5.41) is 28.3. The summed E-state index contributed by atoms with van der Waals surface area (Å²) >= 11 is 0. The third kappa shape index (κ3) is 3.79. The van der Waals surface area contributed by atoms with Crippen molar-refractivity contribution >= 4 is 33.7 Å². The highest BCUT2D eigenvalue weighted by molar-refractivity contribution is 5.87. The molecule has 0 radical (unpaired) electrons. The molecule has 0 saturated heterocycles. The van der Waals surface area contributed by atoms with Crippen LogP contribution in [0.1, 0.15) is 53.9 Å². The molecule has 2 aromatic heterocycles. The van der Waals surface area contributed by atoms with Gasteiger partial charge in [-0.05, 0) is 42.5 Å². The monoisotopic (exact) mass is 472 g/mol. The molecule has 8 heteroatoms. The number of hydrogen-bond donors (Lipinski definition) is 6. The van der Waals surface area contributed by atoms with Crippen LogP contribution >= 0.6 is 0 Å². The van der Waals surface area contributed by atoms with E-state index < -0.39 is 24.0 Å². The van der Waals surface area contributed by atoms with Crippen LogP contribution in [-0.2, 0) is 22.4 Å². The van der Waals surface area contributed by atoms with Crippen LogP contribution < -0.4 is 10.6 Å². The number of rotatable bonds is 6. The molecule has 0 saturated carbocycles. The van der Waals surface area contributed by atoms with E-state index in [4.69, 9.17) is 0 Å². The van der Waals surface area contributed by atoms with Gasteiger partial charge in [0.2, 0.25) is 0 Å². The summed E-state index contributed by atoms with van der Waals surface area (Å²) in [6.45, 7) is 0. The number of fused-ring (bicyclic) bond motifs is 6. The Hall–Kier alpha value is -3.62. The van der Waals surface area contributed by atoms with Crippen molar-refractivity contribution in [3.63, 3.8) is 0 Å². The molecule has 6 N–H and O–H groups in total. The van der Waals surface area contributed by atoms with E-state index >= 15 is 0 Å².